The van der Waals surface area contributed by atoms with Gasteiger partial charge in [-0.25, -0.2) is 4.98 Å². The molecule has 0 N–H and O–H groups in total. The lowest BCUT2D eigenvalue weighted by molar-refractivity contribution is 1.00. The largest absolute Gasteiger partial charge is 0.298 e. The highest BCUT2D eigenvalue weighted by Gasteiger charge is 2.06. The molecule has 0 fully saturated rings. The summed E-state index contributed by atoms with van der Waals surface area (Å²) < 4.78 is 1.69. The summed E-state index contributed by atoms with van der Waals surface area (Å²) in [5.74, 6) is 0.596. The zero-order chi connectivity index (χ0) is 9.26. The molecule has 0 aliphatic carbocycles. The number of hydrogen-bond donors (Lipinski definition) is 0. The first-order valence-corrected chi connectivity index (χ1v) is 4.40. The van der Waals surface area contributed by atoms with Gasteiger partial charge in [0, 0.05) is 12.4 Å². The lowest BCUT2D eigenvalue weighted by atomic mass is 10.4. The minimum Gasteiger partial charge on any atom is -0.298 e. The van der Waals surface area contributed by atoms with Gasteiger partial charge in [0.25, 0.3) is 0 Å². The summed E-state index contributed by atoms with van der Waals surface area (Å²) >= 11 is 11.8. The van der Waals surface area contributed by atoms with E-state index < -0.39 is 0 Å². The van der Waals surface area contributed by atoms with Crippen LogP contribution in [0, 0.1) is 6.20 Å². The van der Waals surface area contributed by atoms with E-state index in [2.05, 4.69) is 11.2 Å². The highest BCUT2D eigenvalue weighted by Crippen LogP contribution is 2.25. The molecule has 0 aromatic carbocycles. The Balaban J connectivity index is 2.59. The highest BCUT2D eigenvalue weighted by molar-refractivity contribution is 6.42. The van der Waals surface area contributed by atoms with Crippen molar-refractivity contribution < 1.29 is 0 Å². The van der Waals surface area contributed by atoms with Crippen LogP contribution >= 0.6 is 23.2 Å². The van der Waals surface area contributed by atoms with E-state index in [1.54, 1.807) is 22.9 Å². The molecular weight excluding hydrogens is 207 g/mol. The average molecular weight is 212 g/mol. The van der Waals surface area contributed by atoms with E-state index in [9.17, 15) is 0 Å². The average Bonchev–Trinajstić information content (AvgIpc) is 2.62. The summed E-state index contributed by atoms with van der Waals surface area (Å²) in [6, 6.07) is 5.27. The Labute approximate surface area is 85.7 Å². The molecule has 0 bridgehead atoms. The fourth-order valence-corrected chi connectivity index (χ4v) is 1.35. The van der Waals surface area contributed by atoms with Crippen molar-refractivity contribution in [3.63, 3.8) is 0 Å². The van der Waals surface area contributed by atoms with E-state index in [0.29, 0.717) is 15.9 Å². The fourth-order valence-electron chi connectivity index (χ4n) is 1.01. The Kier molecular flexibility index (Phi) is 2.25. The van der Waals surface area contributed by atoms with Crippen LogP contribution < -0.4 is 0 Å². The van der Waals surface area contributed by atoms with Crippen molar-refractivity contribution in [2.24, 2.45) is 0 Å². The fraction of sp³-hybridized carbons (Fsp3) is 0. The third-order valence-corrected chi connectivity index (χ3v) is 2.38. The van der Waals surface area contributed by atoms with Crippen molar-refractivity contribution in [2.45, 2.75) is 0 Å². The summed E-state index contributed by atoms with van der Waals surface area (Å²) in [6.45, 7) is 0. The van der Waals surface area contributed by atoms with Crippen molar-refractivity contribution in [2.75, 3.05) is 0 Å². The van der Waals surface area contributed by atoms with Gasteiger partial charge in [-0.05, 0) is 18.2 Å². The van der Waals surface area contributed by atoms with Gasteiger partial charge in [-0.3, -0.25) is 4.57 Å². The second-order valence-electron chi connectivity index (χ2n) is 2.44. The minimum atomic E-state index is 0.441. The molecule has 0 unspecified atom stereocenters. The van der Waals surface area contributed by atoms with Crippen LogP contribution in [0.4, 0.5) is 0 Å². The Bertz CT molecular complexity index is 410. The maximum atomic E-state index is 5.95. The van der Waals surface area contributed by atoms with Gasteiger partial charge in [0.1, 0.15) is 5.02 Å². The van der Waals surface area contributed by atoms with Gasteiger partial charge in [-0.1, -0.05) is 23.2 Å². The van der Waals surface area contributed by atoms with Gasteiger partial charge < -0.3 is 0 Å². The topological polar surface area (TPSA) is 17.8 Å². The van der Waals surface area contributed by atoms with Gasteiger partial charge in [-0.15, -0.1) is 0 Å². The number of halogens is 2. The number of hydrogen-bond acceptors (Lipinski definition) is 1. The summed E-state index contributed by atoms with van der Waals surface area (Å²) in [5, 5.41) is 0.936. The van der Waals surface area contributed by atoms with Gasteiger partial charge in [0.05, 0.1) is 11.2 Å². The van der Waals surface area contributed by atoms with Crippen molar-refractivity contribution in [1.29, 1.82) is 0 Å². The van der Waals surface area contributed by atoms with Crippen molar-refractivity contribution in [3.05, 3.63) is 46.8 Å². The quantitative estimate of drug-likeness (QED) is 0.710. The number of aromatic nitrogens is 2. The van der Waals surface area contributed by atoms with Crippen LogP contribution in [0.15, 0.2) is 30.6 Å². The third-order valence-electron chi connectivity index (χ3n) is 1.60. The highest BCUT2D eigenvalue weighted by atomic mass is 35.5. The van der Waals surface area contributed by atoms with Gasteiger partial charge in [0.15, 0.2) is 5.82 Å². The molecule has 2 heterocycles. The monoisotopic (exact) mass is 211 g/mol. The molecule has 0 atom stereocenters. The summed E-state index contributed by atoms with van der Waals surface area (Å²) in [5.41, 5.74) is 0. The smallest absolute Gasteiger partial charge is 0.157 e. The van der Waals surface area contributed by atoms with Crippen molar-refractivity contribution in [3.8, 4) is 5.82 Å². The lowest BCUT2D eigenvalue weighted by Gasteiger charge is -2.03. The molecule has 2 rings (SSSR count). The molecule has 0 aliphatic rings. The van der Waals surface area contributed by atoms with Gasteiger partial charge in [0.2, 0.25) is 0 Å². The predicted octanol–water partition coefficient (Wildman–Crippen LogP) is 2.98. The minimum absolute atomic E-state index is 0.441. The lowest BCUT2D eigenvalue weighted by Crippen LogP contribution is -1.95. The normalized spacial score (nSPS) is 10.3. The Hall–Kier alpha value is -0.990. The first-order chi connectivity index (χ1) is 6.29. The van der Waals surface area contributed by atoms with E-state index in [1.807, 2.05) is 12.3 Å². The molecule has 0 aliphatic heterocycles. The van der Waals surface area contributed by atoms with Crippen LogP contribution in [0.25, 0.3) is 5.82 Å². The zero-order valence-electron chi connectivity index (χ0n) is 6.54. The maximum Gasteiger partial charge on any atom is 0.157 e. The third kappa shape index (κ3) is 1.55. The molecule has 2 aromatic heterocycles. The number of rotatable bonds is 1. The van der Waals surface area contributed by atoms with E-state index in [-0.39, 0.29) is 0 Å². The molecule has 4 heteroatoms. The molecular formula is C9H5Cl2N2. The summed E-state index contributed by atoms with van der Waals surface area (Å²) in [4.78, 5) is 4.10. The van der Waals surface area contributed by atoms with Crippen molar-refractivity contribution >= 4 is 23.2 Å². The number of pyridine rings is 1. The Morgan fingerprint density at radius 2 is 2.23 bits per heavy atom. The number of nitrogens with zero attached hydrogens (tertiary/aromatic N) is 2. The molecule has 0 amide bonds. The van der Waals surface area contributed by atoms with Crippen LogP contribution in [0.5, 0.6) is 0 Å². The summed E-state index contributed by atoms with van der Waals surface area (Å²) in [6.07, 6.45) is 6.35. The Morgan fingerprint density at radius 3 is 2.92 bits per heavy atom. The molecule has 1 radical (unpaired) electrons. The van der Waals surface area contributed by atoms with Gasteiger partial charge >= 0.3 is 0 Å². The molecule has 2 aromatic rings. The SMILES string of the molecule is Clc1ccnc(-n2[c]ccc2)c1Cl. The second kappa shape index (κ2) is 3.40. The van der Waals surface area contributed by atoms with E-state index in [4.69, 9.17) is 23.2 Å². The summed E-state index contributed by atoms with van der Waals surface area (Å²) in [7, 11) is 0. The maximum absolute atomic E-state index is 5.95. The first kappa shape index (κ1) is 8.60. The molecule has 0 saturated heterocycles. The van der Waals surface area contributed by atoms with Crippen molar-refractivity contribution in [1.82, 2.24) is 9.55 Å². The van der Waals surface area contributed by atoms with Crippen LogP contribution in [0.1, 0.15) is 0 Å². The van der Waals surface area contributed by atoms with Crippen LogP contribution in [-0.4, -0.2) is 9.55 Å². The van der Waals surface area contributed by atoms with Gasteiger partial charge in [-0.2, -0.15) is 0 Å². The predicted molar refractivity (Wildman–Crippen MR) is 52.4 cm³/mol. The van der Waals surface area contributed by atoms with Crippen LogP contribution in [0.2, 0.25) is 10.0 Å². The molecule has 0 spiro atoms. The van der Waals surface area contributed by atoms with Crippen LogP contribution in [0.3, 0.4) is 0 Å². The zero-order valence-corrected chi connectivity index (χ0v) is 8.05. The standard InChI is InChI=1S/C9H5Cl2N2/c10-7-3-4-12-9(8(7)11)13-5-1-2-6-13/h1-5H. The second-order valence-corrected chi connectivity index (χ2v) is 3.22. The van der Waals surface area contributed by atoms with E-state index in [1.165, 1.54) is 0 Å². The molecule has 2 nitrogen and oxygen atoms in total. The van der Waals surface area contributed by atoms with E-state index in [0.717, 1.165) is 0 Å². The molecule has 13 heavy (non-hydrogen) atoms. The molecule has 65 valence electrons. The molecule has 0 saturated carbocycles. The van der Waals surface area contributed by atoms with E-state index >= 15 is 0 Å². The Morgan fingerprint density at radius 1 is 1.38 bits per heavy atom. The first-order valence-electron chi connectivity index (χ1n) is 3.64. The van der Waals surface area contributed by atoms with Crippen LogP contribution in [-0.2, 0) is 0 Å².